The first-order chi connectivity index (χ1) is 15.6. The molecule has 1 aliphatic rings. The summed E-state index contributed by atoms with van der Waals surface area (Å²) in [5.74, 6) is -0.297. The van der Waals surface area contributed by atoms with Gasteiger partial charge in [-0.15, -0.1) is 0 Å². The fourth-order valence-electron chi connectivity index (χ4n) is 4.20. The molecule has 0 aliphatic carbocycles. The molecule has 6 nitrogen and oxygen atoms in total. The van der Waals surface area contributed by atoms with Gasteiger partial charge in [0.1, 0.15) is 6.54 Å². The Morgan fingerprint density at radius 3 is 2.16 bits per heavy atom. The van der Waals surface area contributed by atoms with E-state index in [4.69, 9.17) is 4.74 Å². The number of amides is 1. The number of benzene rings is 2. The molecule has 1 fully saturated rings. The van der Waals surface area contributed by atoms with Crippen LogP contribution in [0.3, 0.4) is 0 Å². The normalized spacial score (nSPS) is 13.8. The highest BCUT2D eigenvalue weighted by molar-refractivity contribution is 5.93. The maximum absolute atomic E-state index is 13.2. The lowest BCUT2D eigenvalue weighted by Crippen LogP contribution is -2.49. The van der Waals surface area contributed by atoms with Crippen molar-refractivity contribution in [3.63, 3.8) is 0 Å². The molecule has 166 valence electrons. The molecular formula is C26H29N3O3. The van der Waals surface area contributed by atoms with Gasteiger partial charge in [0.15, 0.2) is 0 Å². The Morgan fingerprint density at radius 2 is 1.53 bits per heavy atom. The van der Waals surface area contributed by atoms with Crippen LogP contribution in [-0.2, 0) is 16.1 Å². The topological polar surface area (TPSA) is 54.8 Å². The summed E-state index contributed by atoms with van der Waals surface area (Å²) in [4.78, 5) is 29.9. The zero-order valence-electron chi connectivity index (χ0n) is 18.7. The van der Waals surface area contributed by atoms with Gasteiger partial charge in [0.25, 0.3) is 0 Å². The molecule has 1 aliphatic heterocycles. The van der Waals surface area contributed by atoms with Gasteiger partial charge < -0.3 is 19.1 Å². The Kier molecular flexibility index (Phi) is 6.59. The molecular weight excluding hydrogens is 402 g/mol. The molecule has 4 rings (SSSR count). The van der Waals surface area contributed by atoms with Crippen molar-refractivity contribution < 1.29 is 14.3 Å². The number of esters is 1. The maximum atomic E-state index is 13.2. The second-order valence-corrected chi connectivity index (χ2v) is 7.90. The molecule has 2 aromatic carbocycles. The first-order valence-corrected chi connectivity index (χ1v) is 11.1. The minimum absolute atomic E-state index is 0.0593. The number of piperazine rings is 1. The van der Waals surface area contributed by atoms with Crippen molar-refractivity contribution in [2.24, 2.45) is 0 Å². The summed E-state index contributed by atoms with van der Waals surface area (Å²) in [7, 11) is 0. The number of nitrogens with zero attached hydrogens (tertiary/aromatic N) is 3. The summed E-state index contributed by atoms with van der Waals surface area (Å²) in [5, 5.41) is 0. The van der Waals surface area contributed by atoms with Crippen LogP contribution in [-0.4, -0.2) is 54.1 Å². The first kappa shape index (κ1) is 21.7. The summed E-state index contributed by atoms with van der Waals surface area (Å²) < 4.78 is 7.17. The number of aromatic nitrogens is 1. The van der Waals surface area contributed by atoms with Crippen LogP contribution in [0.2, 0.25) is 0 Å². The lowest BCUT2D eigenvalue weighted by Gasteiger charge is -2.36. The Balaban J connectivity index is 1.53. The molecule has 1 amide bonds. The van der Waals surface area contributed by atoms with E-state index in [9.17, 15) is 9.59 Å². The largest absolute Gasteiger partial charge is 0.462 e. The monoisotopic (exact) mass is 431 g/mol. The van der Waals surface area contributed by atoms with Gasteiger partial charge in [-0.2, -0.15) is 0 Å². The quantitative estimate of drug-likeness (QED) is 0.554. The molecule has 0 unspecified atom stereocenters. The van der Waals surface area contributed by atoms with E-state index >= 15 is 0 Å². The molecule has 0 saturated carbocycles. The lowest BCUT2D eigenvalue weighted by molar-refractivity contribution is -0.132. The highest BCUT2D eigenvalue weighted by Gasteiger charge is 2.25. The number of hydrogen-bond donors (Lipinski definition) is 0. The SMILES string of the molecule is CCOC(=O)c1cc(-c2ccccc2)n(CC(=O)N2CCN(c3ccccc3)CC2)c1C. The molecule has 0 spiro atoms. The third kappa shape index (κ3) is 4.54. The van der Waals surface area contributed by atoms with Crippen molar-refractivity contribution in [1.29, 1.82) is 0 Å². The predicted octanol–water partition coefficient (Wildman–Crippen LogP) is 3.99. The van der Waals surface area contributed by atoms with E-state index in [2.05, 4.69) is 17.0 Å². The van der Waals surface area contributed by atoms with Crippen LogP contribution in [0.4, 0.5) is 5.69 Å². The Morgan fingerprint density at radius 1 is 0.906 bits per heavy atom. The van der Waals surface area contributed by atoms with Crippen LogP contribution in [0.1, 0.15) is 23.0 Å². The second kappa shape index (κ2) is 9.73. The molecule has 2 heterocycles. The average molecular weight is 432 g/mol. The number of anilines is 1. The van der Waals surface area contributed by atoms with Crippen LogP contribution in [0.5, 0.6) is 0 Å². The van der Waals surface area contributed by atoms with E-state index in [0.717, 1.165) is 30.0 Å². The molecule has 1 saturated heterocycles. The zero-order valence-corrected chi connectivity index (χ0v) is 18.7. The molecule has 1 aromatic heterocycles. The van der Waals surface area contributed by atoms with Gasteiger partial charge in [0, 0.05) is 43.3 Å². The highest BCUT2D eigenvalue weighted by atomic mass is 16.5. The van der Waals surface area contributed by atoms with Gasteiger partial charge in [-0.25, -0.2) is 4.79 Å². The van der Waals surface area contributed by atoms with E-state index in [-0.39, 0.29) is 18.4 Å². The number of carbonyl (C=O) groups is 2. The number of ether oxygens (including phenoxy) is 1. The van der Waals surface area contributed by atoms with Gasteiger partial charge in [-0.1, -0.05) is 48.5 Å². The van der Waals surface area contributed by atoms with E-state index in [1.807, 2.05) is 71.0 Å². The van der Waals surface area contributed by atoms with Crippen LogP contribution in [0.15, 0.2) is 66.7 Å². The highest BCUT2D eigenvalue weighted by Crippen LogP contribution is 2.27. The maximum Gasteiger partial charge on any atom is 0.339 e. The molecule has 6 heteroatoms. The van der Waals surface area contributed by atoms with Gasteiger partial charge in [-0.3, -0.25) is 4.79 Å². The zero-order chi connectivity index (χ0) is 22.5. The molecule has 32 heavy (non-hydrogen) atoms. The first-order valence-electron chi connectivity index (χ1n) is 11.1. The minimum atomic E-state index is -0.357. The van der Waals surface area contributed by atoms with Crippen molar-refractivity contribution >= 4 is 17.6 Å². The van der Waals surface area contributed by atoms with Crippen molar-refractivity contribution in [2.45, 2.75) is 20.4 Å². The van der Waals surface area contributed by atoms with Crippen LogP contribution >= 0.6 is 0 Å². The number of carbonyl (C=O) groups excluding carboxylic acids is 2. The van der Waals surface area contributed by atoms with E-state index in [1.165, 1.54) is 5.69 Å². The molecule has 0 bridgehead atoms. The van der Waals surface area contributed by atoms with Gasteiger partial charge >= 0.3 is 5.97 Å². The van der Waals surface area contributed by atoms with Crippen LogP contribution < -0.4 is 4.90 Å². The smallest absolute Gasteiger partial charge is 0.339 e. The number of para-hydroxylation sites is 1. The molecule has 0 atom stereocenters. The summed E-state index contributed by atoms with van der Waals surface area (Å²) in [5.41, 5.74) is 4.26. The fraction of sp³-hybridized carbons (Fsp3) is 0.308. The Hall–Kier alpha value is -3.54. The third-order valence-electron chi connectivity index (χ3n) is 5.98. The van der Waals surface area contributed by atoms with Crippen molar-refractivity contribution in [3.05, 3.63) is 78.0 Å². The van der Waals surface area contributed by atoms with Crippen molar-refractivity contribution in [1.82, 2.24) is 9.47 Å². The molecule has 3 aromatic rings. The van der Waals surface area contributed by atoms with Gasteiger partial charge in [-0.05, 0) is 37.6 Å². The molecule has 0 radical (unpaired) electrons. The Labute approximate surface area is 189 Å². The second-order valence-electron chi connectivity index (χ2n) is 7.90. The van der Waals surface area contributed by atoms with E-state index in [1.54, 1.807) is 6.92 Å². The predicted molar refractivity (Wildman–Crippen MR) is 126 cm³/mol. The number of rotatable bonds is 6. The number of hydrogen-bond acceptors (Lipinski definition) is 4. The van der Waals surface area contributed by atoms with Crippen LogP contribution in [0, 0.1) is 6.92 Å². The summed E-state index contributed by atoms with van der Waals surface area (Å²) in [6.45, 7) is 7.15. The average Bonchev–Trinajstić information content (AvgIpc) is 3.16. The third-order valence-corrected chi connectivity index (χ3v) is 5.98. The lowest BCUT2D eigenvalue weighted by atomic mass is 10.1. The minimum Gasteiger partial charge on any atom is -0.462 e. The fourth-order valence-corrected chi connectivity index (χ4v) is 4.20. The van der Waals surface area contributed by atoms with Gasteiger partial charge in [0.2, 0.25) is 5.91 Å². The summed E-state index contributed by atoms with van der Waals surface area (Å²) in [6, 6.07) is 22.0. The van der Waals surface area contributed by atoms with Crippen LogP contribution in [0.25, 0.3) is 11.3 Å². The summed E-state index contributed by atoms with van der Waals surface area (Å²) in [6.07, 6.45) is 0. The summed E-state index contributed by atoms with van der Waals surface area (Å²) >= 11 is 0. The molecule has 0 N–H and O–H groups in total. The van der Waals surface area contributed by atoms with E-state index in [0.29, 0.717) is 25.3 Å². The van der Waals surface area contributed by atoms with Gasteiger partial charge in [0.05, 0.1) is 12.2 Å². The van der Waals surface area contributed by atoms with Crippen molar-refractivity contribution in [2.75, 3.05) is 37.7 Å². The Bertz CT molecular complexity index is 1070. The van der Waals surface area contributed by atoms with Crippen molar-refractivity contribution in [3.8, 4) is 11.3 Å². The van der Waals surface area contributed by atoms with E-state index < -0.39 is 0 Å². The standard InChI is InChI=1S/C26H29N3O3/c1-3-32-26(31)23-18-24(21-10-6-4-7-11-21)29(20(23)2)19-25(30)28-16-14-27(15-17-28)22-12-8-5-9-13-22/h4-13,18H,3,14-17,19H2,1-2H3.